The van der Waals surface area contributed by atoms with Crippen LogP contribution in [0.1, 0.15) is 4.88 Å². The number of aliphatic hydroxyl groups excluding tert-OH is 1. The van der Waals surface area contributed by atoms with E-state index in [4.69, 9.17) is 4.74 Å². The van der Waals surface area contributed by atoms with Crippen LogP contribution < -0.4 is 4.90 Å². The van der Waals surface area contributed by atoms with Crippen LogP contribution in [0.2, 0.25) is 0 Å². The Hall–Kier alpha value is -1.60. The van der Waals surface area contributed by atoms with Crippen molar-refractivity contribution in [1.82, 2.24) is 4.90 Å². The summed E-state index contributed by atoms with van der Waals surface area (Å²) in [5.74, 6) is 0.294. The molecular formula is C18H24N2O3S. The maximum Gasteiger partial charge on any atom is 0.115 e. The number of hydrogen-bond acceptors (Lipinski definition) is 6. The number of benzene rings is 1. The van der Waals surface area contributed by atoms with E-state index in [2.05, 4.69) is 9.80 Å². The van der Waals surface area contributed by atoms with Crippen molar-refractivity contribution in [1.29, 1.82) is 0 Å². The van der Waals surface area contributed by atoms with Crippen LogP contribution in [0.5, 0.6) is 5.75 Å². The Balaban J connectivity index is 1.36. The van der Waals surface area contributed by atoms with Crippen molar-refractivity contribution in [3.63, 3.8) is 0 Å². The molecular weight excluding hydrogens is 324 g/mol. The highest BCUT2D eigenvalue weighted by Crippen LogP contribution is 2.19. The molecule has 2 N–H and O–H groups in total. The number of phenols is 1. The van der Waals surface area contributed by atoms with Crippen molar-refractivity contribution in [2.75, 3.05) is 44.2 Å². The molecule has 1 aliphatic heterocycles. The molecule has 1 aromatic carbocycles. The Labute approximate surface area is 146 Å². The van der Waals surface area contributed by atoms with E-state index >= 15 is 0 Å². The fourth-order valence-corrected chi connectivity index (χ4v) is 3.53. The van der Waals surface area contributed by atoms with Gasteiger partial charge in [0.05, 0.1) is 19.3 Å². The maximum absolute atomic E-state index is 10.1. The van der Waals surface area contributed by atoms with Crippen LogP contribution >= 0.6 is 11.3 Å². The van der Waals surface area contributed by atoms with Gasteiger partial charge in [0, 0.05) is 43.3 Å². The molecule has 1 saturated heterocycles. The number of hydrogen-bond donors (Lipinski definition) is 2. The van der Waals surface area contributed by atoms with Crippen LogP contribution in [0.15, 0.2) is 41.8 Å². The third kappa shape index (κ3) is 4.95. The van der Waals surface area contributed by atoms with E-state index in [1.165, 1.54) is 4.88 Å². The van der Waals surface area contributed by atoms with Crippen molar-refractivity contribution in [2.45, 2.75) is 12.7 Å². The average molecular weight is 348 g/mol. The van der Waals surface area contributed by atoms with Crippen LogP contribution in [0, 0.1) is 0 Å². The van der Waals surface area contributed by atoms with Gasteiger partial charge in [0.15, 0.2) is 0 Å². The zero-order chi connectivity index (χ0) is 16.8. The van der Waals surface area contributed by atoms with Gasteiger partial charge in [-0.3, -0.25) is 4.90 Å². The standard InChI is InChI=1S/C18H24N2O3S/c21-16-5-3-15(4-6-16)20-9-7-19(8-10-20)12-17(22)13-23-14-18-2-1-11-24-18/h1-6,11,17,21-22H,7-10,12-14H2. The predicted octanol–water partition coefficient (Wildman–Crippen LogP) is 2.15. The van der Waals surface area contributed by atoms with Gasteiger partial charge in [-0.25, -0.2) is 0 Å². The van der Waals surface area contributed by atoms with Gasteiger partial charge < -0.3 is 19.8 Å². The second-order valence-corrected chi connectivity index (χ2v) is 7.08. The summed E-state index contributed by atoms with van der Waals surface area (Å²) in [5, 5.41) is 21.5. The first-order chi connectivity index (χ1) is 11.7. The molecule has 1 unspecified atom stereocenters. The molecule has 24 heavy (non-hydrogen) atoms. The number of nitrogens with zero attached hydrogens (tertiary/aromatic N) is 2. The highest BCUT2D eigenvalue weighted by Gasteiger charge is 2.19. The van der Waals surface area contributed by atoms with E-state index < -0.39 is 6.10 Å². The summed E-state index contributed by atoms with van der Waals surface area (Å²) in [5.41, 5.74) is 1.13. The van der Waals surface area contributed by atoms with Crippen LogP contribution in [-0.4, -0.2) is 60.5 Å². The molecule has 0 radical (unpaired) electrons. The summed E-state index contributed by atoms with van der Waals surface area (Å²) >= 11 is 1.67. The Morgan fingerprint density at radius 3 is 2.50 bits per heavy atom. The van der Waals surface area contributed by atoms with Crippen LogP contribution in [0.3, 0.4) is 0 Å². The molecule has 5 nitrogen and oxygen atoms in total. The molecule has 1 aromatic heterocycles. The van der Waals surface area contributed by atoms with Gasteiger partial charge in [-0.1, -0.05) is 6.07 Å². The smallest absolute Gasteiger partial charge is 0.115 e. The molecule has 130 valence electrons. The SMILES string of the molecule is Oc1ccc(N2CCN(CC(O)COCc3cccs3)CC2)cc1. The quantitative estimate of drug-likeness (QED) is 0.803. The second kappa shape index (κ2) is 8.48. The highest BCUT2D eigenvalue weighted by atomic mass is 32.1. The Morgan fingerprint density at radius 2 is 1.83 bits per heavy atom. The fraction of sp³-hybridized carbons (Fsp3) is 0.444. The van der Waals surface area contributed by atoms with Gasteiger partial charge in [0.25, 0.3) is 0 Å². The first-order valence-corrected chi connectivity index (χ1v) is 9.13. The number of anilines is 1. The molecule has 1 fully saturated rings. The number of aromatic hydroxyl groups is 1. The first kappa shape index (κ1) is 17.2. The number of β-amino-alcohol motifs (C(OH)–C–C–N with tert-alkyl or cyclic N) is 1. The summed E-state index contributed by atoms with van der Waals surface area (Å²) in [7, 11) is 0. The number of piperazine rings is 1. The van der Waals surface area contributed by atoms with Crippen molar-refractivity contribution < 1.29 is 14.9 Å². The lowest BCUT2D eigenvalue weighted by Gasteiger charge is -2.36. The van der Waals surface area contributed by atoms with E-state index in [1.807, 2.05) is 29.6 Å². The molecule has 0 saturated carbocycles. The van der Waals surface area contributed by atoms with Gasteiger partial charge >= 0.3 is 0 Å². The molecule has 0 aliphatic carbocycles. The number of aliphatic hydroxyl groups is 1. The largest absolute Gasteiger partial charge is 0.508 e. The molecule has 6 heteroatoms. The van der Waals surface area contributed by atoms with Crippen LogP contribution in [-0.2, 0) is 11.3 Å². The van der Waals surface area contributed by atoms with Crippen LogP contribution in [0.4, 0.5) is 5.69 Å². The normalized spacial score (nSPS) is 17.1. The van der Waals surface area contributed by atoms with Gasteiger partial charge in [-0.05, 0) is 35.7 Å². The molecule has 0 spiro atoms. The maximum atomic E-state index is 10.1. The Kier molecular flexibility index (Phi) is 6.09. The van der Waals surface area contributed by atoms with Crippen molar-refractivity contribution >= 4 is 17.0 Å². The lowest BCUT2D eigenvalue weighted by molar-refractivity contribution is 0.00991. The Morgan fingerprint density at radius 1 is 1.08 bits per heavy atom. The number of thiophene rings is 1. The third-order valence-corrected chi connectivity index (χ3v) is 5.04. The van der Waals surface area contributed by atoms with Crippen molar-refractivity contribution in [3.8, 4) is 5.75 Å². The minimum Gasteiger partial charge on any atom is -0.508 e. The Bertz CT molecular complexity index is 595. The van der Waals surface area contributed by atoms with E-state index in [1.54, 1.807) is 23.5 Å². The summed E-state index contributed by atoms with van der Waals surface area (Å²) in [6.07, 6.45) is -0.454. The highest BCUT2D eigenvalue weighted by molar-refractivity contribution is 7.09. The second-order valence-electron chi connectivity index (χ2n) is 6.05. The fourth-order valence-electron chi connectivity index (χ4n) is 2.89. The van der Waals surface area contributed by atoms with Gasteiger partial charge in [0.1, 0.15) is 5.75 Å². The number of phenolic OH excluding ortho intramolecular Hbond substituents is 1. The van der Waals surface area contributed by atoms with Crippen molar-refractivity contribution in [3.05, 3.63) is 46.7 Å². The topological polar surface area (TPSA) is 56.2 Å². The number of rotatable bonds is 7. The van der Waals surface area contributed by atoms with E-state index in [0.29, 0.717) is 25.5 Å². The molecule has 0 bridgehead atoms. The van der Waals surface area contributed by atoms with E-state index in [-0.39, 0.29) is 0 Å². The molecule has 2 heterocycles. The summed E-state index contributed by atoms with van der Waals surface area (Å²) in [6.45, 7) is 5.28. The van der Waals surface area contributed by atoms with Crippen molar-refractivity contribution in [2.24, 2.45) is 0 Å². The summed E-state index contributed by atoms with van der Waals surface area (Å²) < 4.78 is 5.58. The van der Waals surface area contributed by atoms with E-state index in [9.17, 15) is 10.2 Å². The minimum atomic E-state index is -0.454. The number of ether oxygens (including phenoxy) is 1. The summed E-state index contributed by atoms with van der Waals surface area (Å²) in [6, 6.07) is 11.4. The molecule has 0 amide bonds. The lowest BCUT2D eigenvalue weighted by atomic mass is 10.2. The monoisotopic (exact) mass is 348 g/mol. The minimum absolute atomic E-state index is 0.294. The molecule has 3 rings (SSSR count). The van der Waals surface area contributed by atoms with E-state index in [0.717, 1.165) is 31.9 Å². The van der Waals surface area contributed by atoms with Gasteiger partial charge in [-0.2, -0.15) is 0 Å². The van der Waals surface area contributed by atoms with Gasteiger partial charge in [0.2, 0.25) is 0 Å². The zero-order valence-electron chi connectivity index (χ0n) is 13.7. The first-order valence-electron chi connectivity index (χ1n) is 8.25. The summed E-state index contributed by atoms with van der Waals surface area (Å²) in [4.78, 5) is 5.76. The molecule has 2 aromatic rings. The zero-order valence-corrected chi connectivity index (χ0v) is 14.5. The molecule has 1 aliphatic rings. The van der Waals surface area contributed by atoms with Gasteiger partial charge in [-0.15, -0.1) is 11.3 Å². The lowest BCUT2D eigenvalue weighted by Crippen LogP contribution is -2.49. The predicted molar refractivity (Wildman–Crippen MR) is 96.7 cm³/mol. The average Bonchev–Trinajstić information content (AvgIpc) is 3.10. The third-order valence-electron chi connectivity index (χ3n) is 4.19. The van der Waals surface area contributed by atoms with Crippen LogP contribution in [0.25, 0.3) is 0 Å². The molecule has 1 atom stereocenters.